The number of hydrogen-bond acceptors (Lipinski definition) is 4. The molecule has 0 saturated carbocycles. The Morgan fingerprint density at radius 1 is 1.06 bits per heavy atom. The number of methoxy groups -OCH3 is 1. The lowest BCUT2D eigenvalue weighted by Crippen LogP contribution is -2.25. The Balaban J connectivity index is 1.60. The molecular weight excluding hydrogens is 436 g/mol. The van der Waals surface area contributed by atoms with Gasteiger partial charge in [-0.1, -0.05) is 66.2 Å². The Kier molecular flexibility index (Phi) is 8.93. The standard InChI is InChI=1S/C27H25ClN2O3/c1-32-26-17-21(13-14-25(26)33-19-22-11-5-6-12-24(22)28)16-23(18-29)27(31)30-15-7-10-20-8-3-2-4-9-20/h2-6,8-9,11-14,16-17H,7,10,15,19H2,1H3,(H,30,31)/b23-16-. The van der Waals surface area contributed by atoms with Gasteiger partial charge >= 0.3 is 0 Å². The molecule has 0 atom stereocenters. The number of ether oxygens (including phenoxy) is 2. The van der Waals surface area contributed by atoms with E-state index in [4.69, 9.17) is 21.1 Å². The van der Waals surface area contributed by atoms with E-state index in [0.29, 0.717) is 35.2 Å². The van der Waals surface area contributed by atoms with Crippen molar-refractivity contribution in [3.8, 4) is 17.6 Å². The van der Waals surface area contributed by atoms with Gasteiger partial charge in [-0.15, -0.1) is 0 Å². The van der Waals surface area contributed by atoms with Gasteiger partial charge in [0.1, 0.15) is 18.2 Å². The first-order chi connectivity index (χ1) is 16.1. The number of nitriles is 1. The molecule has 0 saturated heterocycles. The second-order valence-corrected chi connectivity index (χ2v) is 7.71. The van der Waals surface area contributed by atoms with Gasteiger partial charge in [-0.3, -0.25) is 4.79 Å². The van der Waals surface area contributed by atoms with Crippen LogP contribution in [0.4, 0.5) is 0 Å². The molecule has 0 radical (unpaired) electrons. The molecule has 0 fully saturated rings. The minimum absolute atomic E-state index is 0.0292. The highest BCUT2D eigenvalue weighted by Crippen LogP contribution is 2.30. The van der Waals surface area contributed by atoms with Crippen molar-refractivity contribution in [2.75, 3.05) is 13.7 Å². The van der Waals surface area contributed by atoms with E-state index < -0.39 is 5.91 Å². The predicted molar refractivity (Wildman–Crippen MR) is 130 cm³/mol. The molecule has 3 aromatic rings. The molecule has 1 amide bonds. The molecule has 5 nitrogen and oxygen atoms in total. The summed E-state index contributed by atoms with van der Waals surface area (Å²) >= 11 is 6.18. The molecule has 0 unspecified atom stereocenters. The zero-order valence-corrected chi connectivity index (χ0v) is 19.1. The second kappa shape index (κ2) is 12.3. The Morgan fingerprint density at radius 3 is 2.55 bits per heavy atom. The average molecular weight is 461 g/mol. The Morgan fingerprint density at radius 2 is 1.82 bits per heavy atom. The third kappa shape index (κ3) is 7.13. The maximum Gasteiger partial charge on any atom is 0.261 e. The first-order valence-electron chi connectivity index (χ1n) is 10.6. The number of halogens is 1. The number of nitrogens with zero attached hydrogens (tertiary/aromatic N) is 1. The van der Waals surface area contributed by atoms with Gasteiger partial charge in [0.05, 0.1) is 7.11 Å². The van der Waals surface area contributed by atoms with Gasteiger partial charge in [0.2, 0.25) is 0 Å². The second-order valence-electron chi connectivity index (χ2n) is 7.31. The summed E-state index contributed by atoms with van der Waals surface area (Å²) in [7, 11) is 1.54. The molecule has 33 heavy (non-hydrogen) atoms. The molecule has 6 heteroatoms. The van der Waals surface area contributed by atoms with Crippen LogP contribution in [0.2, 0.25) is 5.02 Å². The van der Waals surface area contributed by atoms with Crippen LogP contribution in [-0.4, -0.2) is 19.6 Å². The monoisotopic (exact) mass is 460 g/mol. The molecule has 1 N–H and O–H groups in total. The van der Waals surface area contributed by atoms with Gasteiger partial charge in [-0.2, -0.15) is 5.26 Å². The molecule has 0 aliphatic carbocycles. The van der Waals surface area contributed by atoms with Gasteiger partial charge in [-0.25, -0.2) is 0 Å². The number of aryl methyl sites for hydroxylation is 1. The minimum atomic E-state index is -0.399. The molecule has 3 aromatic carbocycles. The third-order valence-corrected chi connectivity index (χ3v) is 5.34. The van der Waals surface area contributed by atoms with Crippen LogP contribution in [0.5, 0.6) is 11.5 Å². The van der Waals surface area contributed by atoms with Crippen LogP contribution in [0.3, 0.4) is 0 Å². The number of carbonyl (C=O) groups is 1. The van der Waals surface area contributed by atoms with E-state index in [1.165, 1.54) is 18.7 Å². The molecule has 0 aromatic heterocycles. The fourth-order valence-electron chi connectivity index (χ4n) is 3.21. The number of carbonyl (C=O) groups excluding carboxylic acids is 1. The van der Waals surface area contributed by atoms with E-state index in [1.54, 1.807) is 18.2 Å². The fourth-order valence-corrected chi connectivity index (χ4v) is 3.40. The van der Waals surface area contributed by atoms with Crippen molar-refractivity contribution < 1.29 is 14.3 Å². The Hall–Kier alpha value is -3.75. The van der Waals surface area contributed by atoms with Crippen molar-refractivity contribution in [1.29, 1.82) is 5.26 Å². The van der Waals surface area contributed by atoms with Crippen molar-refractivity contribution in [3.05, 3.63) is 100 Å². The largest absolute Gasteiger partial charge is 0.493 e. The van der Waals surface area contributed by atoms with E-state index in [2.05, 4.69) is 17.4 Å². The maximum atomic E-state index is 12.4. The van der Waals surface area contributed by atoms with Crippen molar-refractivity contribution in [2.24, 2.45) is 0 Å². The van der Waals surface area contributed by atoms with Crippen molar-refractivity contribution >= 4 is 23.6 Å². The van der Waals surface area contributed by atoms with Gasteiger partial charge in [0.15, 0.2) is 11.5 Å². The van der Waals surface area contributed by atoms with Gasteiger partial charge in [0, 0.05) is 17.1 Å². The summed E-state index contributed by atoms with van der Waals surface area (Å²) in [5, 5.41) is 12.9. The molecule has 0 aliphatic heterocycles. The summed E-state index contributed by atoms with van der Waals surface area (Å²) in [5.41, 5.74) is 2.77. The number of amides is 1. The van der Waals surface area contributed by atoms with Crippen LogP contribution < -0.4 is 14.8 Å². The van der Waals surface area contributed by atoms with E-state index in [9.17, 15) is 10.1 Å². The van der Waals surface area contributed by atoms with Crippen LogP contribution in [0.25, 0.3) is 6.08 Å². The van der Waals surface area contributed by atoms with Crippen LogP contribution in [0.15, 0.2) is 78.4 Å². The average Bonchev–Trinajstić information content (AvgIpc) is 2.85. The summed E-state index contributed by atoms with van der Waals surface area (Å²) in [5.74, 6) is 0.637. The number of benzene rings is 3. The smallest absolute Gasteiger partial charge is 0.261 e. The number of rotatable bonds is 10. The maximum absolute atomic E-state index is 12.4. The lowest BCUT2D eigenvalue weighted by Gasteiger charge is -2.12. The predicted octanol–water partition coefficient (Wildman–Crippen LogP) is 5.58. The first-order valence-corrected chi connectivity index (χ1v) is 11.0. The lowest BCUT2D eigenvalue weighted by atomic mass is 10.1. The van der Waals surface area contributed by atoms with Gasteiger partial charge in [-0.05, 0) is 48.2 Å². The number of hydrogen-bond donors (Lipinski definition) is 1. The zero-order chi connectivity index (χ0) is 23.5. The highest BCUT2D eigenvalue weighted by atomic mass is 35.5. The van der Waals surface area contributed by atoms with E-state index in [1.807, 2.05) is 48.5 Å². The molecule has 0 heterocycles. The summed E-state index contributed by atoms with van der Waals surface area (Å²) in [6.07, 6.45) is 3.19. The van der Waals surface area contributed by atoms with Crippen molar-refractivity contribution in [1.82, 2.24) is 5.32 Å². The summed E-state index contributed by atoms with van der Waals surface area (Å²) in [4.78, 5) is 12.4. The lowest BCUT2D eigenvalue weighted by molar-refractivity contribution is -0.117. The van der Waals surface area contributed by atoms with Crippen molar-refractivity contribution in [2.45, 2.75) is 19.4 Å². The van der Waals surface area contributed by atoms with Crippen LogP contribution >= 0.6 is 11.6 Å². The van der Waals surface area contributed by atoms with Gasteiger partial charge in [0.25, 0.3) is 5.91 Å². The van der Waals surface area contributed by atoms with Crippen LogP contribution in [0, 0.1) is 11.3 Å². The number of nitrogens with one attached hydrogen (secondary N) is 1. The molecule has 168 valence electrons. The summed E-state index contributed by atoms with van der Waals surface area (Å²) in [6, 6.07) is 24.7. The summed E-state index contributed by atoms with van der Waals surface area (Å²) in [6.45, 7) is 0.783. The summed E-state index contributed by atoms with van der Waals surface area (Å²) < 4.78 is 11.3. The quantitative estimate of drug-likeness (QED) is 0.243. The molecule has 3 rings (SSSR count). The Bertz CT molecular complexity index is 1150. The van der Waals surface area contributed by atoms with Gasteiger partial charge < -0.3 is 14.8 Å². The zero-order valence-electron chi connectivity index (χ0n) is 18.4. The molecule has 0 aliphatic rings. The fraction of sp³-hybridized carbons (Fsp3) is 0.185. The highest BCUT2D eigenvalue weighted by Gasteiger charge is 2.11. The third-order valence-electron chi connectivity index (χ3n) is 4.98. The first kappa shape index (κ1) is 23.9. The van der Waals surface area contributed by atoms with E-state index in [0.717, 1.165) is 18.4 Å². The van der Waals surface area contributed by atoms with Crippen LogP contribution in [-0.2, 0) is 17.8 Å². The minimum Gasteiger partial charge on any atom is -0.493 e. The molecular formula is C27H25ClN2O3. The molecule has 0 bridgehead atoms. The normalized spacial score (nSPS) is 10.9. The van der Waals surface area contributed by atoms with Crippen molar-refractivity contribution in [3.63, 3.8) is 0 Å². The SMILES string of the molecule is COc1cc(/C=C(/C#N)C(=O)NCCCc2ccccc2)ccc1OCc1ccccc1Cl. The van der Waals surface area contributed by atoms with E-state index in [-0.39, 0.29) is 5.57 Å². The topological polar surface area (TPSA) is 71.3 Å². The van der Waals surface area contributed by atoms with Crippen LogP contribution in [0.1, 0.15) is 23.1 Å². The van der Waals surface area contributed by atoms with E-state index >= 15 is 0 Å². The highest BCUT2D eigenvalue weighted by molar-refractivity contribution is 6.31. The Labute approximate surface area is 199 Å². The molecule has 0 spiro atoms.